The molecule has 0 aliphatic heterocycles. The molecular formula is C17H28N2O. The van der Waals surface area contributed by atoms with Crippen LogP contribution in [0.25, 0.3) is 0 Å². The van der Waals surface area contributed by atoms with Crippen molar-refractivity contribution in [1.29, 1.82) is 0 Å². The smallest absolute Gasteiger partial charge is 0.142 e. The Morgan fingerprint density at radius 3 is 2.80 bits per heavy atom. The number of nitrogens with zero attached hydrogens (tertiary/aromatic N) is 1. The van der Waals surface area contributed by atoms with Gasteiger partial charge in [-0.05, 0) is 30.9 Å². The molecule has 1 aliphatic rings. The lowest BCUT2D eigenvalue weighted by atomic mass is 9.73. The van der Waals surface area contributed by atoms with Crippen molar-refractivity contribution in [2.45, 2.75) is 44.6 Å². The Balaban J connectivity index is 2.30. The average Bonchev–Trinajstić information content (AvgIpc) is 2.53. The number of rotatable bonds is 5. The molecule has 2 atom stereocenters. The third-order valence-corrected chi connectivity index (χ3v) is 5.04. The van der Waals surface area contributed by atoms with Crippen LogP contribution in [0.5, 0.6) is 5.75 Å². The first-order chi connectivity index (χ1) is 9.66. The van der Waals surface area contributed by atoms with Gasteiger partial charge in [0.15, 0.2) is 0 Å². The van der Waals surface area contributed by atoms with Crippen molar-refractivity contribution < 1.29 is 4.74 Å². The van der Waals surface area contributed by atoms with Crippen molar-refractivity contribution in [3.8, 4) is 5.75 Å². The molecule has 0 bridgehead atoms. The summed E-state index contributed by atoms with van der Waals surface area (Å²) in [6.45, 7) is 3.00. The van der Waals surface area contributed by atoms with Crippen molar-refractivity contribution in [3.05, 3.63) is 24.3 Å². The summed E-state index contributed by atoms with van der Waals surface area (Å²) in [4.78, 5) is 2.37. The normalized spacial score (nSPS) is 26.3. The van der Waals surface area contributed by atoms with E-state index in [0.717, 1.165) is 17.4 Å². The molecule has 0 aromatic heterocycles. The van der Waals surface area contributed by atoms with Gasteiger partial charge >= 0.3 is 0 Å². The number of benzene rings is 1. The van der Waals surface area contributed by atoms with Crippen LogP contribution in [0.3, 0.4) is 0 Å². The number of hydrogen-bond donors (Lipinski definition) is 1. The number of hydrogen-bond acceptors (Lipinski definition) is 3. The fourth-order valence-corrected chi connectivity index (χ4v) is 3.60. The Bertz CT molecular complexity index is 435. The Morgan fingerprint density at radius 1 is 1.40 bits per heavy atom. The summed E-state index contributed by atoms with van der Waals surface area (Å²) in [5.41, 5.74) is 7.43. The van der Waals surface area contributed by atoms with E-state index >= 15 is 0 Å². The molecule has 112 valence electrons. The van der Waals surface area contributed by atoms with Gasteiger partial charge in [-0.1, -0.05) is 38.3 Å². The monoisotopic (exact) mass is 276 g/mol. The minimum atomic E-state index is 0.0769. The minimum Gasteiger partial charge on any atom is -0.495 e. The summed E-state index contributed by atoms with van der Waals surface area (Å²) in [7, 11) is 3.90. The number of anilines is 1. The summed E-state index contributed by atoms with van der Waals surface area (Å²) >= 11 is 0. The SMILES string of the molecule is CCC1CCCC(CN)(N(C)c2ccccc2OC)C1. The second-order valence-corrected chi connectivity index (χ2v) is 6.03. The number of methoxy groups -OCH3 is 1. The van der Waals surface area contributed by atoms with Crippen molar-refractivity contribution >= 4 is 5.69 Å². The number of nitrogens with two attached hydrogens (primary N) is 1. The second-order valence-electron chi connectivity index (χ2n) is 6.03. The van der Waals surface area contributed by atoms with E-state index in [2.05, 4.69) is 31.0 Å². The van der Waals surface area contributed by atoms with Gasteiger partial charge in [0.1, 0.15) is 5.75 Å². The maximum absolute atomic E-state index is 6.20. The van der Waals surface area contributed by atoms with Crippen LogP contribution in [-0.4, -0.2) is 26.2 Å². The molecule has 0 saturated heterocycles. The molecule has 1 fully saturated rings. The fourth-order valence-electron chi connectivity index (χ4n) is 3.60. The van der Waals surface area contributed by atoms with Gasteiger partial charge in [0.25, 0.3) is 0 Å². The van der Waals surface area contributed by atoms with Gasteiger partial charge in [0, 0.05) is 13.6 Å². The van der Waals surface area contributed by atoms with Crippen LogP contribution < -0.4 is 15.4 Å². The van der Waals surface area contributed by atoms with E-state index in [1.807, 2.05) is 12.1 Å². The van der Waals surface area contributed by atoms with E-state index in [0.29, 0.717) is 6.54 Å². The molecule has 3 heteroatoms. The van der Waals surface area contributed by atoms with Crippen LogP contribution >= 0.6 is 0 Å². The summed E-state index contributed by atoms with van der Waals surface area (Å²) in [6, 6.07) is 8.24. The highest BCUT2D eigenvalue weighted by Gasteiger charge is 2.39. The Labute approximate surface area is 123 Å². The zero-order valence-corrected chi connectivity index (χ0v) is 13.1. The van der Waals surface area contributed by atoms with Gasteiger partial charge in [0.05, 0.1) is 18.3 Å². The van der Waals surface area contributed by atoms with Gasteiger partial charge in [-0.25, -0.2) is 0 Å². The van der Waals surface area contributed by atoms with E-state index in [4.69, 9.17) is 10.5 Å². The van der Waals surface area contributed by atoms with E-state index in [1.165, 1.54) is 32.1 Å². The van der Waals surface area contributed by atoms with Gasteiger partial charge in [-0.2, -0.15) is 0 Å². The molecule has 1 aliphatic carbocycles. The van der Waals surface area contributed by atoms with E-state index in [1.54, 1.807) is 7.11 Å². The van der Waals surface area contributed by atoms with Crippen molar-refractivity contribution in [1.82, 2.24) is 0 Å². The quantitative estimate of drug-likeness (QED) is 0.895. The van der Waals surface area contributed by atoms with Crippen molar-refractivity contribution in [3.63, 3.8) is 0 Å². The number of para-hydroxylation sites is 2. The molecular weight excluding hydrogens is 248 g/mol. The van der Waals surface area contributed by atoms with E-state index in [9.17, 15) is 0 Å². The van der Waals surface area contributed by atoms with Crippen LogP contribution in [0.4, 0.5) is 5.69 Å². The summed E-state index contributed by atoms with van der Waals surface area (Å²) < 4.78 is 5.52. The predicted octanol–water partition coefficient (Wildman–Crippen LogP) is 3.43. The standard InChI is InChI=1S/C17H28N2O/c1-4-14-8-7-11-17(12-14,13-18)19(2)15-9-5-6-10-16(15)20-3/h5-6,9-10,14H,4,7-8,11-13,18H2,1-3H3. The summed E-state index contributed by atoms with van der Waals surface area (Å²) in [5.74, 6) is 1.73. The lowest BCUT2D eigenvalue weighted by Crippen LogP contribution is -2.55. The first kappa shape index (κ1) is 15.2. The second kappa shape index (κ2) is 6.49. The Hall–Kier alpha value is -1.22. The molecule has 1 aromatic rings. The maximum atomic E-state index is 6.20. The first-order valence-electron chi connectivity index (χ1n) is 7.73. The van der Waals surface area contributed by atoms with Gasteiger partial charge < -0.3 is 15.4 Å². The third kappa shape index (κ3) is 2.78. The topological polar surface area (TPSA) is 38.5 Å². The van der Waals surface area contributed by atoms with Gasteiger partial charge in [-0.15, -0.1) is 0 Å². The highest BCUT2D eigenvalue weighted by Crippen LogP contribution is 2.41. The lowest BCUT2D eigenvalue weighted by molar-refractivity contribution is 0.217. The van der Waals surface area contributed by atoms with Crippen LogP contribution in [0, 0.1) is 5.92 Å². The van der Waals surface area contributed by atoms with Crippen molar-refractivity contribution in [2.24, 2.45) is 11.7 Å². The Morgan fingerprint density at radius 2 is 2.15 bits per heavy atom. The van der Waals surface area contributed by atoms with Crippen LogP contribution in [0.1, 0.15) is 39.0 Å². The summed E-state index contributed by atoms with van der Waals surface area (Å²) in [5, 5.41) is 0. The van der Waals surface area contributed by atoms with Crippen LogP contribution in [0.15, 0.2) is 24.3 Å². The van der Waals surface area contributed by atoms with Crippen LogP contribution in [0.2, 0.25) is 0 Å². The molecule has 20 heavy (non-hydrogen) atoms. The van der Waals surface area contributed by atoms with Gasteiger partial charge in [-0.3, -0.25) is 0 Å². The predicted molar refractivity (Wildman–Crippen MR) is 85.4 cm³/mol. The molecule has 0 heterocycles. The zero-order valence-electron chi connectivity index (χ0n) is 13.1. The number of ether oxygens (including phenoxy) is 1. The van der Waals surface area contributed by atoms with Gasteiger partial charge in [0.2, 0.25) is 0 Å². The fraction of sp³-hybridized carbons (Fsp3) is 0.647. The van der Waals surface area contributed by atoms with E-state index in [-0.39, 0.29) is 5.54 Å². The molecule has 2 rings (SSSR count). The van der Waals surface area contributed by atoms with Crippen molar-refractivity contribution in [2.75, 3.05) is 25.6 Å². The van der Waals surface area contributed by atoms with E-state index < -0.39 is 0 Å². The summed E-state index contributed by atoms with van der Waals surface area (Å²) in [6.07, 6.45) is 6.23. The molecule has 2 unspecified atom stereocenters. The Kier molecular flexibility index (Phi) is 4.92. The molecule has 3 nitrogen and oxygen atoms in total. The maximum Gasteiger partial charge on any atom is 0.142 e. The molecule has 0 radical (unpaired) electrons. The molecule has 1 saturated carbocycles. The third-order valence-electron chi connectivity index (χ3n) is 5.04. The highest BCUT2D eigenvalue weighted by atomic mass is 16.5. The highest BCUT2D eigenvalue weighted by molar-refractivity contribution is 5.59. The lowest BCUT2D eigenvalue weighted by Gasteiger charge is -2.48. The largest absolute Gasteiger partial charge is 0.495 e. The molecule has 0 amide bonds. The molecule has 2 N–H and O–H groups in total. The average molecular weight is 276 g/mol. The van der Waals surface area contributed by atoms with Crippen LogP contribution in [-0.2, 0) is 0 Å². The first-order valence-corrected chi connectivity index (χ1v) is 7.73. The number of likely N-dealkylation sites (N-methyl/N-ethyl adjacent to an activating group) is 1. The minimum absolute atomic E-state index is 0.0769. The zero-order chi connectivity index (χ0) is 14.6. The molecule has 1 aromatic carbocycles. The molecule has 0 spiro atoms.